The first-order valence-electron chi connectivity index (χ1n) is 9.57. The van der Waals surface area contributed by atoms with Crippen LogP contribution in [-0.4, -0.2) is 24.3 Å². The average Bonchev–Trinajstić information content (AvgIpc) is 2.63. The average molecular weight is 356 g/mol. The number of nitrogens with zero attached hydrogens (tertiary/aromatic N) is 1. The molecule has 1 heterocycles. The molecule has 0 saturated carbocycles. The predicted molar refractivity (Wildman–Crippen MR) is 106 cm³/mol. The van der Waals surface area contributed by atoms with Crippen LogP contribution in [0.4, 0.5) is 15.8 Å². The van der Waals surface area contributed by atoms with E-state index in [1.165, 1.54) is 11.3 Å². The maximum Gasteiger partial charge on any atom is 0.123 e. The van der Waals surface area contributed by atoms with Crippen molar-refractivity contribution in [3.8, 4) is 0 Å². The molecular formula is C22H29FN2O. The molecule has 4 heteroatoms. The summed E-state index contributed by atoms with van der Waals surface area (Å²) in [4.78, 5) is 2.40. The maximum absolute atomic E-state index is 13.0. The van der Waals surface area contributed by atoms with Crippen LogP contribution in [0.1, 0.15) is 37.3 Å². The molecule has 140 valence electrons. The first kappa shape index (κ1) is 18.7. The summed E-state index contributed by atoms with van der Waals surface area (Å²) in [7, 11) is 0. The molecule has 0 bridgehead atoms. The highest BCUT2D eigenvalue weighted by Gasteiger charge is 2.20. The van der Waals surface area contributed by atoms with Gasteiger partial charge < -0.3 is 15.7 Å². The minimum Gasteiger partial charge on any atom is -0.398 e. The standard InChI is InChI=1S/C22H29FN2O/c1-16(26)2-5-19-6-9-21(15-22(19)24)25-12-10-18(11-13-25)14-17-3-7-20(23)8-4-17/h3-4,6-9,15-16,18,26H,2,5,10-14,24H2,1H3. The van der Waals surface area contributed by atoms with E-state index in [4.69, 9.17) is 5.73 Å². The zero-order valence-corrected chi connectivity index (χ0v) is 15.5. The molecule has 1 fully saturated rings. The highest BCUT2D eigenvalue weighted by molar-refractivity contribution is 5.60. The van der Waals surface area contributed by atoms with E-state index in [-0.39, 0.29) is 11.9 Å². The van der Waals surface area contributed by atoms with E-state index in [2.05, 4.69) is 23.1 Å². The normalized spacial score (nSPS) is 16.7. The molecule has 2 aromatic carbocycles. The lowest BCUT2D eigenvalue weighted by molar-refractivity contribution is 0.185. The van der Waals surface area contributed by atoms with E-state index in [1.807, 2.05) is 12.1 Å². The first-order valence-corrected chi connectivity index (χ1v) is 9.57. The number of anilines is 2. The second-order valence-electron chi connectivity index (χ2n) is 7.53. The van der Waals surface area contributed by atoms with E-state index in [0.717, 1.165) is 56.4 Å². The second-order valence-corrected chi connectivity index (χ2v) is 7.53. The molecule has 1 aliphatic rings. The number of hydrogen-bond acceptors (Lipinski definition) is 3. The van der Waals surface area contributed by atoms with Crippen molar-refractivity contribution in [2.45, 2.75) is 45.1 Å². The van der Waals surface area contributed by atoms with Gasteiger partial charge in [0.25, 0.3) is 0 Å². The van der Waals surface area contributed by atoms with Crippen LogP contribution in [0.15, 0.2) is 42.5 Å². The molecule has 3 nitrogen and oxygen atoms in total. The molecule has 0 amide bonds. The fraction of sp³-hybridized carbons (Fsp3) is 0.455. The van der Waals surface area contributed by atoms with Crippen LogP contribution in [0.3, 0.4) is 0 Å². The molecule has 1 unspecified atom stereocenters. The largest absolute Gasteiger partial charge is 0.398 e. The third-order valence-corrected chi connectivity index (χ3v) is 5.38. The van der Waals surface area contributed by atoms with Crippen molar-refractivity contribution in [1.29, 1.82) is 0 Å². The van der Waals surface area contributed by atoms with Gasteiger partial charge in [-0.1, -0.05) is 18.2 Å². The molecular weight excluding hydrogens is 327 g/mol. The Hall–Kier alpha value is -2.07. The molecule has 1 saturated heterocycles. The molecule has 3 N–H and O–H groups in total. The molecule has 0 aromatic heterocycles. The summed E-state index contributed by atoms with van der Waals surface area (Å²) in [5.74, 6) is 0.484. The van der Waals surface area contributed by atoms with Gasteiger partial charge in [0.05, 0.1) is 6.10 Å². The van der Waals surface area contributed by atoms with Crippen molar-refractivity contribution in [2.24, 2.45) is 5.92 Å². The van der Waals surface area contributed by atoms with E-state index < -0.39 is 0 Å². The molecule has 1 aliphatic heterocycles. The topological polar surface area (TPSA) is 49.5 Å². The van der Waals surface area contributed by atoms with Gasteiger partial charge in [-0.15, -0.1) is 0 Å². The first-order chi connectivity index (χ1) is 12.5. The van der Waals surface area contributed by atoms with E-state index in [0.29, 0.717) is 5.92 Å². The van der Waals surface area contributed by atoms with Gasteiger partial charge >= 0.3 is 0 Å². The number of piperidine rings is 1. The number of benzene rings is 2. The maximum atomic E-state index is 13.0. The highest BCUT2D eigenvalue weighted by Crippen LogP contribution is 2.28. The molecule has 0 aliphatic carbocycles. The summed E-state index contributed by atoms with van der Waals surface area (Å²) in [5.41, 5.74) is 10.5. The van der Waals surface area contributed by atoms with Gasteiger partial charge in [0.1, 0.15) is 5.82 Å². The van der Waals surface area contributed by atoms with Gasteiger partial charge in [-0.25, -0.2) is 4.39 Å². The minimum absolute atomic E-state index is 0.168. The lowest BCUT2D eigenvalue weighted by Gasteiger charge is -2.34. The Morgan fingerprint density at radius 3 is 2.46 bits per heavy atom. The quantitative estimate of drug-likeness (QED) is 0.764. The summed E-state index contributed by atoms with van der Waals surface area (Å²) in [6.07, 6.45) is 4.55. The third-order valence-electron chi connectivity index (χ3n) is 5.38. The van der Waals surface area contributed by atoms with Crippen molar-refractivity contribution in [3.63, 3.8) is 0 Å². The van der Waals surface area contributed by atoms with Gasteiger partial charge in [0, 0.05) is 24.5 Å². The third kappa shape index (κ3) is 4.98. The van der Waals surface area contributed by atoms with Gasteiger partial charge in [-0.3, -0.25) is 0 Å². The van der Waals surface area contributed by atoms with Crippen LogP contribution in [0, 0.1) is 11.7 Å². The Morgan fingerprint density at radius 2 is 1.85 bits per heavy atom. The smallest absolute Gasteiger partial charge is 0.123 e. The van der Waals surface area contributed by atoms with Crippen LogP contribution >= 0.6 is 0 Å². The Kier molecular flexibility index (Phi) is 6.15. The van der Waals surface area contributed by atoms with Crippen molar-refractivity contribution in [2.75, 3.05) is 23.7 Å². The number of nitrogens with two attached hydrogens (primary N) is 1. The highest BCUT2D eigenvalue weighted by atomic mass is 19.1. The number of halogens is 1. The summed E-state index contributed by atoms with van der Waals surface area (Å²) in [5, 5.41) is 9.44. The number of nitrogen functional groups attached to an aromatic ring is 1. The Labute approximate surface area is 155 Å². The molecule has 1 atom stereocenters. The Bertz CT molecular complexity index is 707. The van der Waals surface area contributed by atoms with Crippen LogP contribution in [0.5, 0.6) is 0 Å². The molecule has 3 rings (SSSR count). The van der Waals surface area contributed by atoms with E-state index in [9.17, 15) is 9.50 Å². The van der Waals surface area contributed by atoms with Gasteiger partial charge in [-0.2, -0.15) is 0 Å². The fourth-order valence-electron chi connectivity index (χ4n) is 3.72. The predicted octanol–water partition coefficient (Wildman–Crippen LogP) is 4.18. The van der Waals surface area contributed by atoms with Crippen molar-refractivity contribution in [1.82, 2.24) is 0 Å². The van der Waals surface area contributed by atoms with Crippen LogP contribution in [0.25, 0.3) is 0 Å². The summed E-state index contributed by atoms with van der Waals surface area (Å²) < 4.78 is 13.0. The van der Waals surface area contributed by atoms with Crippen molar-refractivity contribution in [3.05, 3.63) is 59.4 Å². The van der Waals surface area contributed by atoms with Gasteiger partial charge in [-0.05, 0) is 80.3 Å². The number of rotatable bonds is 6. The minimum atomic E-state index is -0.297. The summed E-state index contributed by atoms with van der Waals surface area (Å²) >= 11 is 0. The number of aryl methyl sites for hydroxylation is 1. The van der Waals surface area contributed by atoms with Gasteiger partial charge in [0.2, 0.25) is 0 Å². The van der Waals surface area contributed by atoms with Crippen LogP contribution in [-0.2, 0) is 12.8 Å². The van der Waals surface area contributed by atoms with Gasteiger partial charge in [0.15, 0.2) is 0 Å². The molecule has 0 spiro atoms. The van der Waals surface area contributed by atoms with Crippen LogP contribution in [0.2, 0.25) is 0 Å². The Morgan fingerprint density at radius 1 is 1.15 bits per heavy atom. The summed E-state index contributed by atoms with van der Waals surface area (Å²) in [6.45, 7) is 3.86. The fourth-order valence-corrected chi connectivity index (χ4v) is 3.72. The van der Waals surface area contributed by atoms with Crippen molar-refractivity contribution < 1.29 is 9.50 Å². The lowest BCUT2D eigenvalue weighted by atomic mass is 9.90. The molecule has 2 aromatic rings. The van der Waals surface area contributed by atoms with Crippen molar-refractivity contribution >= 4 is 11.4 Å². The number of hydrogen-bond donors (Lipinski definition) is 2. The zero-order chi connectivity index (χ0) is 18.5. The number of aliphatic hydroxyl groups excluding tert-OH is 1. The second kappa shape index (κ2) is 8.54. The molecule has 0 radical (unpaired) electrons. The van der Waals surface area contributed by atoms with E-state index >= 15 is 0 Å². The summed E-state index contributed by atoms with van der Waals surface area (Å²) in [6, 6.07) is 13.2. The molecule has 26 heavy (non-hydrogen) atoms. The Balaban J connectivity index is 1.54. The monoisotopic (exact) mass is 356 g/mol. The lowest BCUT2D eigenvalue weighted by Crippen LogP contribution is -2.34. The van der Waals surface area contributed by atoms with Crippen LogP contribution < -0.4 is 10.6 Å². The number of aliphatic hydroxyl groups is 1. The zero-order valence-electron chi connectivity index (χ0n) is 15.5. The SMILES string of the molecule is CC(O)CCc1ccc(N2CCC(Cc3ccc(F)cc3)CC2)cc1N. The van der Waals surface area contributed by atoms with E-state index in [1.54, 1.807) is 19.1 Å².